The van der Waals surface area contributed by atoms with E-state index >= 15 is 0 Å². The third-order valence-electron chi connectivity index (χ3n) is 2.53. The molecule has 1 fully saturated rings. The Bertz CT molecular complexity index is 236. The molecule has 0 radical (unpaired) electrons. The Labute approximate surface area is 78.2 Å². The van der Waals surface area contributed by atoms with Crippen LogP contribution in [0.25, 0.3) is 0 Å². The Morgan fingerprint density at radius 3 is 2.69 bits per heavy atom. The smallest absolute Gasteiger partial charge is 0.223 e. The van der Waals surface area contributed by atoms with Gasteiger partial charge in [-0.15, -0.1) is 0 Å². The predicted octanol–water partition coefficient (Wildman–Crippen LogP) is 1.09. The minimum Gasteiger partial charge on any atom is -0.411 e. The van der Waals surface area contributed by atoms with Crippen LogP contribution in [0.2, 0.25) is 0 Å². The van der Waals surface area contributed by atoms with Crippen LogP contribution < -0.4 is 0 Å². The van der Waals surface area contributed by atoms with Crippen molar-refractivity contribution in [2.24, 2.45) is 11.1 Å². The van der Waals surface area contributed by atoms with Gasteiger partial charge in [0.2, 0.25) is 5.91 Å². The van der Waals surface area contributed by atoms with Gasteiger partial charge in [-0.3, -0.25) is 4.79 Å². The molecule has 1 N–H and O–H groups in total. The lowest BCUT2D eigenvalue weighted by molar-refractivity contribution is -0.129. The molecule has 1 rings (SSSR count). The van der Waals surface area contributed by atoms with Crippen molar-refractivity contribution in [3.05, 3.63) is 0 Å². The molecule has 0 aromatic heterocycles. The standard InChI is InChI=1S/C9H16N2O2/c1-6(2)11-5-8(4-9(11)12)7(3)10-13/h6,8,13H,4-5H2,1-3H3/b10-7+. The summed E-state index contributed by atoms with van der Waals surface area (Å²) in [5.41, 5.74) is 0.650. The fraction of sp³-hybridized carbons (Fsp3) is 0.778. The van der Waals surface area contributed by atoms with Gasteiger partial charge in [-0.25, -0.2) is 0 Å². The fourth-order valence-corrected chi connectivity index (χ4v) is 1.59. The lowest BCUT2D eigenvalue weighted by Crippen LogP contribution is -2.32. The summed E-state index contributed by atoms with van der Waals surface area (Å²) in [7, 11) is 0. The van der Waals surface area contributed by atoms with Gasteiger partial charge in [0.15, 0.2) is 0 Å². The first kappa shape index (κ1) is 10.0. The van der Waals surface area contributed by atoms with E-state index in [1.165, 1.54) is 0 Å². The highest BCUT2D eigenvalue weighted by Gasteiger charge is 2.32. The van der Waals surface area contributed by atoms with Crippen LogP contribution in [0.5, 0.6) is 0 Å². The van der Waals surface area contributed by atoms with Gasteiger partial charge >= 0.3 is 0 Å². The highest BCUT2D eigenvalue weighted by atomic mass is 16.4. The van der Waals surface area contributed by atoms with E-state index in [0.717, 1.165) is 0 Å². The van der Waals surface area contributed by atoms with Crippen molar-refractivity contribution in [3.63, 3.8) is 0 Å². The Morgan fingerprint density at radius 1 is 1.69 bits per heavy atom. The van der Waals surface area contributed by atoms with Crippen molar-refractivity contribution in [1.29, 1.82) is 0 Å². The third kappa shape index (κ3) is 1.99. The van der Waals surface area contributed by atoms with Crippen molar-refractivity contribution in [2.75, 3.05) is 6.54 Å². The Morgan fingerprint density at radius 2 is 2.31 bits per heavy atom. The van der Waals surface area contributed by atoms with Crippen molar-refractivity contribution in [2.45, 2.75) is 33.2 Å². The van der Waals surface area contributed by atoms with E-state index in [4.69, 9.17) is 5.21 Å². The average molecular weight is 184 g/mol. The van der Waals surface area contributed by atoms with Crippen LogP contribution >= 0.6 is 0 Å². The average Bonchev–Trinajstić information content (AvgIpc) is 2.46. The largest absolute Gasteiger partial charge is 0.411 e. The molecule has 1 aliphatic rings. The second kappa shape index (κ2) is 3.77. The Hall–Kier alpha value is -1.06. The summed E-state index contributed by atoms with van der Waals surface area (Å²) in [4.78, 5) is 13.3. The van der Waals surface area contributed by atoms with Crippen LogP contribution in [-0.2, 0) is 4.79 Å². The number of carbonyl (C=O) groups is 1. The van der Waals surface area contributed by atoms with Crippen molar-refractivity contribution in [3.8, 4) is 0 Å². The van der Waals surface area contributed by atoms with E-state index in [9.17, 15) is 4.79 Å². The molecule has 0 aromatic carbocycles. The summed E-state index contributed by atoms with van der Waals surface area (Å²) in [5, 5.41) is 11.7. The summed E-state index contributed by atoms with van der Waals surface area (Å²) in [6, 6.07) is 0.240. The summed E-state index contributed by atoms with van der Waals surface area (Å²) in [5.74, 6) is 0.253. The quantitative estimate of drug-likeness (QED) is 0.397. The molecule has 1 atom stereocenters. The molecule has 1 heterocycles. The Balaban J connectivity index is 2.65. The maximum Gasteiger partial charge on any atom is 0.223 e. The van der Waals surface area contributed by atoms with Crippen LogP contribution in [0.1, 0.15) is 27.2 Å². The lowest BCUT2D eigenvalue weighted by atomic mass is 10.0. The molecule has 0 aliphatic carbocycles. The molecule has 0 spiro atoms. The van der Waals surface area contributed by atoms with Gasteiger partial charge in [0.05, 0.1) is 5.71 Å². The van der Waals surface area contributed by atoms with Gasteiger partial charge in [0, 0.05) is 24.9 Å². The van der Waals surface area contributed by atoms with Crippen LogP contribution in [0.4, 0.5) is 0 Å². The van der Waals surface area contributed by atoms with E-state index in [-0.39, 0.29) is 17.9 Å². The maximum atomic E-state index is 11.4. The molecule has 1 saturated heterocycles. The van der Waals surface area contributed by atoms with Crippen molar-refractivity contribution < 1.29 is 10.0 Å². The molecule has 4 heteroatoms. The van der Waals surface area contributed by atoms with Crippen LogP contribution in [0.15, 0.2) is 5.16 Å². The second-order valence-corrected chi connectivity index (χ2v) is 3.78. The number of amides is 1. The topological polar surface area (TPSA) is 52.9 Å². The van der Waals surface area contributed by atoms with Gasteiger partial charge in [-0.2, -0.15) is 0 Å². The number of nitrogens with zero attached hydrogens (tertiary/aromatic N) is 2. The van der Waals surface area contributed by atoms with Crippen LogP contribution in [0, 0.1) is 5.92 Å². The first-order valence-corrected chi connectivity index (χ1v) is 4.54. The highest BCUT2D eigenvalue weighted by Crippen LogP contribution is 2.21. The molecular weight excluding hydrogens is 168 g/mol. The van der Waals surface area contributed by atoms with E-state index in [1.807, 2.05) is 18.7 Å². The fourth-order valence-electron chi connectivity index (χ4n) is 1.59. The summed E-state index contributed by atoms with van der Waals surface area (Å²) in [6.07, 6.45) is 0.480. The van der Waals surface area contributed by atoms with E-state index in [1.54, 1.807) is 6.92 Å². The number of rotatable bonds is 2. The normalized spacial score (nSPS) is 24.6. The molecule has 1 aliphatic heterocycles. The number of likely N-dealkylation sites (tertiary alicyclic amines) is 1. The lowest BCUT2D eigenvalue weighted by Gasteiger charge is -2.20. The molecule has 13 heavy (non-hydrogen) atoms. The monoisotopic (exact) mass is 184 g/mol. The van der Waals surface area contributed by atoms with Gasteiger partial charge in [0.25, 0.3) is 0 Å². The van der Waals surface area contributed by atoms with Gasteiger partial charge in [-0.1, -0.05) is 5.16 Å². The van der Waals surface area contributed by atoms with E-state index < -0.39 is 0 Å². The van der Waals surface area contributed by atoms with Crippen LogP contribution in [-0.4, -0.2) is 34.3 Å². The third-order valence-corrected chi connectivity index (χ3v) is 2.53. The number of oxime groups is 1. The summed E-state index contributed by atoms with van der Waals surface area (Å²) >= 11 is 0. The predicted molar refractivity (Wildman–Crippen MR) is 49.9 cm³/mol. The molecular formula is C9H16N2O2. The van der Waals surface area contributed by atoms with Gasteiger partial charge in [0.1, 0.15) is 0 Å². The zero-order chi connectivity index (χ0) is 10.0. The van der Waals surface area contributed by atoms with Gasteiger partial charge < -0.3 is 10.1 Å². The van der Waals surface area contributed by atoms with Gasteiger partial charge in [-0.05, 0) is 20.8 Å². The number of hydrogen-bond donors (Lipinski definition) is 1. The molecule has 4 nitrogen and oxygen atoms in total. The van der Waals surface area contributed by atoms with Crippen LogP contribution in [0.3, 0.4) is 0 Å². The van der Waals surface area contributed by atoms with Crippen molar-refractivity contribution >= 4 is 11.6 Å². The zero-order valence-electron chi connectivity index (χ0n) is 8.32. The SMILES string of the molecule is C/C(=N\O)C1CC(=O)N(C(C)C)C1. The molecule has 74 valence electrons. The van der Waals surface area contributed by atoms with E-state index in [2.05, 4.69) is 5.16 Å². The molecule has 1 unspecified atom stereocenters. The Kier molecular flexibility index (Phi) is 2.90. The first-order valence-electron chi connectivity index (χ1n) is 4.54. The molecule has 0 bridgehead atoms. The second-order valence-electron chi connectivity index (χ2n) is 3.78. The minimum absolute atomic E-state index is 0.0971. The minimum atomic E-state index is 0.0971. The van der Waals surface area contributed by atoms with E-state index in [0.29, 0.717) is 18.7 Å². The maximum absolute atomic E-state index is 11.4. The molecule has 0 saturated carbocycles. The number of carbonyl (C=O) groups excluding carboxylic acids is 1. The zero-order valence-corrected chi connectivity index (χ0v) is 8.32. The molecule has 1 amide bonds. The number of hydrogen-bond acceptors (Lipinski definition) is 3. The van der Waals surface area contributed by atoms with Crippen molar-refractivity contribution in [1.82, 2.24) is 4.90 Å². The summed E-state index contributed by atoms with van der Waals surface area (Å²) < 4.78 is 0. The summed E-state index contributed by atoms with van der Waals surface area (Å²) in [6.45, 7) is 6.42. The highest BCUT2D eigenvalue weighted by molar-refractivity contribution is 5.91. The first-order chi connectivity index (χ1) is 6.06. The molecule has 0 aromatic rings.